The summed E-state index contributed by atoms with van der Waals surface area (Å²) in [6.07, 6.45) is -4.98. The molecular formula is C27H15Cl2F3O4. The van der Waals surface area contributed by atoms with E-state index in [2.05, 4.69) is 0 Å². The molecule has 182 valence electrons. The maximum Gasteiger partial charge on any atom is 0.453 e. The number of fused-ring (bicyclic) bond motifs is 2. The van der Waals surface area contributed by atoms with E-state index in [4.69, 9.17) is 37.1 Å². The van der Waals surface area contributed by atoms with E-state index in [1.807, 2.05) is 12.1 Å². The van der Waals surface area contributed by atoms with E-state index in [0.29, 0.717) is 15.6 Å². The van der Waals surface area contributed by atoms with Crippen molar-refractivity contribution in [3.8, 4) is 17.2 Å². The number of hydrogen-bond donors (Lipinski definition) is 0. The third-order valence-corrected chi connectivity index (χ3v) is 6.15. The average molecular weight is 531 g/mol. The average Bonchev–Trinajstić information content (AvgIpc) is 2.85. The number of benzene rings is 4. The predicted molar refractivity (Wildman–Crippen MR) is 132 cm³/mol. The topological polar surface area (TPSA) is 48.7 Å². The van der Waals surface area contributed by atoms with Crippen LogP contribution in [0.4, 0.5) is 13.2 Å². The van der Waals surface area contributed by atoms with Crippen LogP contribution in [0.15, 0.2) is 88.1 Å². The first-order valence-corrected chi connectivity index (χ1v) is 11.4. The van der Waals surface area contributed by atoms with Gasteiger partial charge in [-0.2, -0.15) is 13.2 Å². The molecule has 0 saturated carbocycles. The van der Waals surface area contributed by atoms with Crippen molar-refractivity contribution in [1.29, 1.82) is 0 Å². The lowest BCUT2D eigenvalue weighted by molar-refractivity contribution is -0.154. The van der Waals surface area contributed by atoms with E-state index in [1.165, 1.54) is 24.3 Å². The Morgan fingerprint density at radius 3 is 2.31 bits per heavy atom. The van der Waals surface area contributed by atoms with Gasteiger partial charge in [0.1, 0.15) is 23.7 Å². The van der Waals surface area contributed by atoms with Crippen molar-refractivity contribution in [2.75, 3.05) is 0 Å². The second-order valence-corrected chi connectivity index (χ2v) is 8.71. The summed E-state index contributed by atoms with van der Waals surface area (Å²) >= 11 is 11.9. The van der Waals surface area contributed by atoms with Crippen molar-refractivity contribution in [3.63, 3.8) is 0 Å². The van der Waals surface area contributed by atoms with Gasteiger partial charge in [-0.3, -0.25) is 4.79 Å². The lowest BCUT2D eigenvalue weighted by Gasteiger charge is -2.14. The molecule has 5 aromatic rings. The maximum absolute atomic E-state index is 13.9. The highest BCUT2D eigenvalue weighted by Crippen LogP contribution is 2.39. The first kappa shape index (κ1) is 24.0. The molecule has 0 aliphatic carbocycles. The van der Waals surface area contributed by atoms with E-state index in [-0.39, 0.29) is 29.1 Å². The molecule has 0 amide bonds. The van der Waals surface area contributed by atoms with Gasteiger partial charge in [-0.05, 0) is 52.7 Å². The Bertz CT molecular complexity index is 1660. The van der Waals surface area contributed by atoms with Crippen molar-refractivity contribution in [2.45, 2.75) is 12.8 Å². The van der Waals surface area contributed by atoms with E-state index >= 15 is 0 Å². The molecular weight excluding hydrogens is 516 g/mol. The Balaban J connectivity index is 1.51. The predicted octanol–water partition coefficient (Wildman–Crippen LogP) is 8.64. The Morgan fingerprint density at radius 1 is 0.806 bits per heavy atom. The molecule has 0 N–H and O–H groups in total. The van der Waals surface area contributed by atoms with Gasteiger partial charge in [-0.1, -0.05) is 59.6 Å². The van der Waals surface area contributed by atoms with Crippen LogP contribution in [0.1, 0.15) is 11.3 Å². The van der Waals surface area contributed by atoms with Gasteiger partial charge in [-0.25, -0.2) is 0 Å². The molecule has 0 aliphatic heterocycles. The molecule has 0 saturated heterocycles. The minimum Gasteiger partial charge on any atom is -0.489 e. The summed E-state index contributed by atoms with van der Waals surface area (Å²) in [5.41, 5.74) is -0.543. The second kappa shape index (κ2) is 9.41. The van der Waals surface area contributed by atoms with E-state index in [1.54, 1.807) is 42.5 Å². The Kier molecular flexibility index (Phi) is 6.28. The highest BCUT2D eigenvalue weighted by Gasteiger charge is 2.40. The fourth-order valence-electron chi connectivity index (χ4n) is 3.67. The van der Waals surface area contributed by atoms with E-state index in [9.17, 15) is 18.0 Å². The summed E-state index contributed by atoms with van der Waals surface area (Å²) in [6.45, 7) is 0.0713. The zero-order valence-corrected chi connectivity index (χ0v) is 19.7. The Morgan fingerprint density at radius 2 is 1.56 bits per heavy atom. The van der Waals surface area contributed by atoms with E-state index in [0.717, 1.165) is 10.8 Å². The van der Waals surface area contributed by atoms with E-state index < -0.39 is 23.1 Å². The Hall–Kier alpha value is -3.68. The van der Waals surface area contributed by atoms with Crippen LogP contribution >= 0.6 is 23.2 Å². The number of halogens is 5. The normalized spacial score (nSPS) is 11.7. The van der Waals surface area contributed by atoms with Crippen molar-refractivity contribution in [1.82, 2.24) is 0 Å². The SMILES string of the molecule is O=c1c(Oc2ccc3ccccc3c2)c(C(F)(F)F)oc2cc(OCc3ccc(Cl)c(Cl)c3)ccc12. The van der Waals surface area contributed by atoms with Gasteiger partial charge in [0.15, 0.2) is 0 Å². The summed E-state index contributed by atoms with van der Waals surface area (Å²) in [7, 11) is 0. The van der Waals surface area contributed by atoms with Crippen LogP contribution < -0.4 is 14.9 Å². The van der Waals surface area contributed by atoms with Crippen LogP contribution in [0, 0.1) is 0 Å². The van der Waals surface area contributed by atoms with Crippen LogP contribution in [0.25, 0.3) is 21.7 Å². The standard InChI is InChI=1S/C27H15Cl2F3O4/c28-21-10-5-15(11-22(21)29)14-34-18-8-9-20-23(13-18)36-26(27(30,31)32)25(24(20)33)35-19-7-6-16-3-1-2-4-17(16)12-19/h1-13H,14H2. The molecule has 0 atom stereocenters. The summed E-state index contributed by atoms with van der Waals surface area (Å²) in [4.78, 5) is 13.1. The first-order chi connectivity index (χ1) is 17.2. The summed E-state index contributed by atoms with van der Waals surface area (Å²) in [5.74, 6) is -2.19. The van der Waals surface area contributed by atoms with Crippen LogP contribution in [-0.4, -0.2) is 0 Å². The molecule has 0 aliphatic rings. The molecule has 1 aromatic heterocycles. The van der Waals surface area contributed by atoms with Gasteiger partial charge in [0.2, 0.25) is 11.2 Å². The fourth-order valence-corrected chi connectivity index (χ4v) is 3.99. The van der Waals surface area contributed by atoms with Gasteiger partial charge in [0, 0.05) is 6.07 Å². The van der Waals surface area contributed by atoms with Crippen molar-refractivity contribution >= 4 is 44.9 Å². The smallest absolute Gasteiger partial charge is 0.453 e. The molecule has 36 heavy (non-hydrogen) atoms. The molecule has 0 bridgehead atoms. The maximum atomic E-state index is 13.9. The number of ether oxygens (including phenoxy) is 2. The molecule has 0 radical (unpaired) electrons. The molecule has 0 spiro atoms. The van der Waals surface area contributed by atoms with Gasteiger partial charge in [0.05, 0.1) is 15.4 Å². The van der Waals surface area contributed by atoms with Gasteiger partial charge in [-0.15, -0.1) is 0 Å². The molecule has 4 nitrogen and oxygen atoms in total. The number of alkyl halides is 3. The molecule has 0 fully saturated rings. The fraction of sp³-hybridized carbons (Fsp3) is 0.0741. The summed E-state index contributed by atoms with van der Waals surface area (Å²) < 4.78 is 57.9. The first-order valence-electron chi connectivity index (χ1n) is 10.6. The van der Waals surface area contributed by atoms with Gasteiger partial charge in [0.25, 0.3) is 5.76 Å². The molecule has 9 heteroatoms. The second-order valence-electron chi connectivity index (χ2n) is 7.89. The largest absolute Gasteiger partial charge is 0.489 e. The minimum atomic E-state index is -4.98. The third-order valence-electron chi connectivity index (χ3n) is 5.41. The zero-order chi connectivity index (χ0) is 25.4. The Labute approximate surface area is 212 Å². The summed E-state index contributed by atoms with van der Waals surface area (Å²) in [5, 5.41) is 2.27. The van der Waals surface area contributed by atoms with Crippen molar-refractivity contribution < 1.29 is 27.1 Å². The van der Waals surface area contributed by atoms with Crippen LogP contribution in [0.2, 0.25) is 10.0 Å². The summed E-state index contributed by atoms with van der Waals surface area (Å²) in [6, 6.07) is 21.0. The zero-order valence-electron chi connectivity index (χ0n) is 18.2. The molecule has 4 aromatic carbocycles. The minimum absolute atomic E-state index is 0.0713. The third kappa shape index (κ3) is 4.85. The van der Waals surface area contributed by atoms with Gasteiger partial charge >= 0.3 is 6.18 Å². The number of rotatable bonds is 5. The lowest BCUT2D eigenvalue weighted by atomic mass is 10.1. The molecule has 5 rings (SSSR count). The molecule has 0 unspecified atom stereocenters. The highest BCUT2D eigenvalue weighted by atomic mass is 35.5. The molecule has 1 heterocycles. The highest BCUT2D eigenvalue weighted by molar-refractivity contribution is 6.42. The quantitative estimate of drug-likeness (QED) is 0.228. The van der Waals surface area contributed by atoms with Crippen molar-refractivity contribution in [3.05, 3.63) is 110 Å². The number of hydrogen-bond acceptors (Lipinski definition) is 4. The monoisotopic (exact) mass is 530 g/mol. The van der Waals surface area contributed by atoms with Crippen LogP contribution in [0.3, 0.4) is 0 Å². The van der Waals surface area contributed by atoms with Crippen LogP contribution in [0.5, 0.6) is 17.2 Å². The van der Waals surface area contributed by atoms with Gasteiger partial charge < -0.3 is 13.9 Å². The van der Waals surface area contributed by atoms with Crippen LogP contribution in [-0.2, 0) is 12.8 Å². The van der Waals surface area contributed by atoms with Crippen molar-refractivity contribution in [2.24, 2.45) is 0 Å². The lowest BCUT2D eigenvalue weighted by Crippen LogP contribution is -2.15.